The molecule has 0 fully saturated rings. The van der Waals surface area contributed by atoms with E-state index >= 15 is 0 Å². The van der Waals surface area contributed by atoms with Crippen LogP contribution < -0.4 is 5.32 Å². The Morgan fingerprint density at radius 1 is 1.44 bits per heavy atom. The Morgan fingerprint density at radius 2 is 1.94 bits per heavy atom. The number of carbonyl (C=O) groups is 1. The second kappa shape index (κ2) is 5.05. The summed E-state index contributed by atoms with van der Waals surface area (Å²) in [5.41, 5.74) is -0.817. The highest BCUT2D eigenvalue weighted by atomic mass is 19.4. The minimum Gasteiger partial charge on any atom is -0.444 e. The van der Waals surface area contributed by atoms with Crippen LogP contribution in [0.2, 0.25) is 0 Å². The van der Waals surface area contributed by atoms with Gasteiger partial charge in [-0.2, -0.15) is 18.4 Å². The average Bonchev–Trinajstić information content (AvgIpc) is 1.96. The fraction of sp³-hybridized carbons (Fsp3) is 0.778. The molecule has 0 spiro atoms. The third-order valence-corrected chi connectivity index (χ3v) is 1.28. The summed E-state index contributed by atoms with van der Waals surface area (Å²) < 4.78 is 40.5. The number of hydrogen-bond donors (Lipinski definition) is 1. The van der Waals surface area contributed by atoms with Crippen LogP contribution in [-0.2, 0) is 4.74 Å². The van der Waals surface area contributed by atoms with Gasteiger partial charge in [0, 0.05) is 0 Å². The highest BCUT2D eigenvalue weighted by Crippen LogP contribution is 2.21. The summed E-state index contributed by atoms with van der Waals surface area (Å²) in [6, 6.07) is -0.286. The predicted octanol–water partition coefficient (Wildman–Crippen LogP) is 2.36. The number of nitrogens with zero attached hydrogens (tertiary/aromatic N) is 1. The molecule has 0 aromatic heterocycles. The van der Waals surface area contributed by atoms with Crippen molar-refractivity contribution in [3.05, 3.63) is 0 Å². The van der Waals surface area contributed by atoms with E-state index in [4.69, 9.17) is 10.00 Å². The third-order valence-electron chi connectivity index (χ3n) is 1.28. The summed E-state index contributed by atoms with van der Waals surface area (Å²) >= 11 is 0. The van der Waals surface area contributed by atoms with Crippen LogP contribution in [0.3, 0.4) is 0 Å². The first-order chi connectivity index (χ1) is 7.03. The van der Waals surface area contributed by atoms with E-state index in [1.54, 1.807) is 20.8 Å². The number of rotatable bonds is 2. The lowest BCUT2D eigenvalue weighted by Gasteiger charge is -2.21. The average molecular weight is 238 g/mol. The van der Waals surface area contributed by atoms with Crippen molar-refractivity contribution in [1.82, 2.24) is 5.32 Å². The summed E-state index contributed by atoms with van der Waals surface area (Å²) in [6.07, 6.45) is -6.94. The van der Waals surface area contributed by atoms with E-state index in [1.807, 2.05) is 5.32 Å². The smallest absolute Gasteiger partial charge is 0.408 e. The minimum absolute atomic E-state index is 0.817. The van der Waals surface area contributed by atoms with E-state index in [1.165, 1.54) is 6.07 Å². The zero-order valence-corrected chi connectivity index (χ0v) is 9.18. The Bertz CT molecular complexity index is 289. The normalized spacial score (nSPS) is 13.8. The molecule has 0 aliphatic carbocycles. The van der Waals surface area contributed by atoms with E-state index in [9.17, 15) is 18.0 Å². The molecule has 0 rings (SSSR count). The second-order valence-corrected chi connectivity index (χ2v) is 4.15. The molecule has 0 aliphatic rings. The molecule has 92 valence electrons. The topological polar surface area (TPSA) is 62.1 Å². The Morgan fingerprint density at radius 3 is 2.25 bits per heavy atom. The van der Waals surface area contributed by atoms with Gasteiger partial charge in [0.15, 0.2) is 0 Å². The van der Waals surface area contributed by atoms with Crippen molar-refractivity contribution in [2.45, 2.75) is 45.0 Å². The number of nitriles is 1. The standard InChI is InChI=1S/C9H13F3N2O2/c1-8(2,3)16-7(15)14-6(5-13)4-9(10,11)12/h6H,4H2,1-3H3,(H,14,15). The molecule has 7 heteroatoms. The molecule has 1 amide bonds. The van der Waals surface area contributed by atoms with Gasteiger partial charge in [-0.15, -0.1) is 0 Å². The number of alkyl carbamates (subject to hydrolysis) is 1. The molecule has 0 bridgehead atoms. The van der Waals surface area contributed by atoms with E-state index in [0.29, 0.717) is 0 Å². The molecule has 16 heavy (non-hydrogen) atoms. The van der Waals surface area contributed by atoms with Crippen molar-refractivity contribution in [3.63, 3.8) is 0 Å². The van der Waals surface area contributed by atoms with Gasteiger partial charge in [-0.05, 0) is 20.8 Å². The predicted molar refractivity (Wildman–Crippen MR) is 49.4 cm³/mol. The second-order valence-electron chi connectivity index (χ2n) is 4.15. The molecule has 0 radical (unpaired) electrons. The van der Waals surface area contributed by atoms with E-state index < -0.39 is 30.3 Å². The lowest BCUT2D eigenvalue weighted by Crippen LogP contribution is -2.40. The van der Waals surface area contributed by atoms with Crippen molar-refractivity contribution in [1.29, 1.82) is 5.26 Å². The van der Waals surface area contributed by atoms with Crippen molar-refractivity contribution in [3.8, 4) is 6.07 Å². The number of nitrogens with one attached hydrogen (secondary N) is 1. The van der Waals surface area contributed by atoms with Gasteiger partial charge in [-0.3, -0.25) is 0 Å². The van der Waals surface area contributed by atoms with Gasteiger partial charge in [-0.1, -0.05) is 0 Å². The van der Waals surface area contributed by atoms with Gasteiger partial charge >= 0.3 is 12.3 Å². The lowest BCUT2D eigenvalue weighted by molar-refractivity contribution is -0.136. The fourth-order valence-corrected chi connectivity index (χ4v) is 0.810. The first-order valence-electron chi connectivity index (χ1n) is 4.49. The van der Waals surface area contributed by atoms with Crippen LogP contribution >= 0.6 is 0 Å². The van der Waals surface area contributed by atoms with Crippen LogP contribution in [0.15, 0.2) is 0 Å². The van der Waals surface area contributed by atoms with Crippen LogP contribution in [-0.4, -0.2) is 23.9 Å². The zero-order chi connectivity index (χ0) is 13.0. The maximum absolute atomic E-state index is 11.9. The molecule has 0 aromatic rings. The summed E-state index contributed by atoms with van der Waals surface area (Å²) in [5, 5.41) is 10.3. The van der Waals surface area contributed by atoms with E-state index in [-0.39, 0.29) is 0 Å². The molecule has 0 aliphatic heterocycles. The Labute approximate surface area is 91.4 Å². The summed E-state index contributed by atoms with van der Waals surface area (Å²) in [6.45, 7) is 4.70. The van der Waals surface area contributed by atoms with Gasteiger partial charge in [-0.25, -0.2) is 4.79 Å². The molecule has 1 N–H and O–H groups in total. The number of ether oxygens (including phenoxy) is 1. The van der Waals surface area contributed by atoms with Crippen molar-refractivity contribution < 1.29 is 22.7 Å². The molecule has 0 saturated carbocycles. The molecular formula is C9H13F3N2O2. The molecular weight excluding hydrogens is 225 g/mol. The quantitative estimate of drug-likeness (QED) is 0.803. The van der Waals surface area contributed by atoms with Crippen molar-refractivity contribution in [2.75, 3.05) is 0 Å². The molecule has 0 heterocycles. The van der Waals surface area contributed by atoms with Gasteiger partial charge in [0.1, 0.15) is 11.6 Å². The summed E-state index contributed by atoms with van der Waals surface area (Å²) in [7, 11) is 0. The lowest BCUT2D eigenvalue weighted by atomic mass is 10.2. The number of alkyl halides is 3. The maximum Gasteiger partial charge on any atom is 0.408 e. The molecule has 1 atom stereocenters. The third kappa shape index (κ3) is 7.91. The molecule has 0 saturated heterocycles. The monoisotopic (exact) mass is 238 g/mol. The summed E-state index contributed by atoms with van der Waals surface area (Å²) in [5.74, 6) is 0. The molecule has 1 unspecified atom stereocenters. The first kappa shape index (κ1) is 14.6. The molecule has 4 nitrogen and oxygen atoms in total. The van der Waals surface area contributed by atoms with Crippen LogP contribution in [0, 0.1) is 11.3 Å². The van der Waals surface area contributed by atoms with Gasteiger partial charge in [0.05, 0.1) is 12.5 Å². The highest BCUT2D eigenvalue weighted by Gasteiger charge is 2.33. The summed E-state index contributed by atoms with van der Waals surface area (Å²) in [4.78, 5) is 11.1. The van der Waals surface area contributed by atoms with Crippen LogP contribution in [0.1, 0.15) is 27.2 Å². The maximum atomic E-state index is 11.9. The van der Waals surface area contributed by atoms with Gasteiger partial charge in [0.2, 0.25) is 0 Å². The van der Waals surface area contributed by atoms with Crippen LogP contribution in [0.25, 0.3) is 0 Å². The Kier molecular flexibility index (Phi) is 4.60. The number of amides is 1. The number of carbonyl (C=O) groups excluding carboxylic acids is 1. The van der Waals surface area contributed by atoms with E-state index in [2.05, 4.69) is 0 Å². The molecule has 0 aromatic carbocycles. The van der Waals surface area contributed by atoms with Gasteiger partial charge < -0.3 is 10.1 Å². The van der Waals surface area contributed by atoms with E-state index in [0.717, 1.165) is 0 Å². The SMILES string of the molecule is CC(C)(C)OC(=O)NC(C#N)CC(F)(F)F. The fourth-order valence-electron chi connectivity index (χ4n) is 0.810. The van der Waals surface area contributed by atoms with Crippen molar-refractivity contribution >= 4 is 6.09 Å². The Balaban J connectivity index is 4.25. The number of hydrogen-bond acceptors (Lipinski definition) is 3. The first-order valence-corrected chi connectivity index (χ1v) is 4.49. The minimum atomic E-state index is -4.50. The Hall–Kier alpha value is -1.45. The number of halogens is 3. The highest BCUT2D eigenvalue weighted by molar-refractivity contribution is 5.68. The zero-order valence-electron chi connectivity index (χ0n) is 9.18. The largest absolute Gasteiger partial charge is 0.444 e. The van der Waals surface area contributed by atoms with Crippen molar-refractivity contribution in [2.24, 2.45) is 0 Å². The van der Waals surface area contributed by atoms with Crippen LogP contribution in [0.4, 0.5) is 18.0 Å². The van der Waals surface area contributed by atoms with Gasteiger partial charge in [0.25, 0.3) is 0 Å². The van der Waals surface area contributed by atoms with Crippen LogP contribution in [0.5, 0.6) is 0 Å².